The third-order valence-corrected chi connectivity index (χ3v) is 6.23. The van der Waals surface area contributed by atoms with Crippen LogP contribution in [0.3, 0.4) is 0 Å². The van der Waals surface area contributed by atoms with Gasteiger partial charge in [0.25, 0.3) is 5.91 Å². The van der Waals surface area contributed by atoms with Crippen LogP contribution in [0.25, 0.3) is 11.8 Å². The Kier molecular flexibility index (Phi) is 6.50. The lowest BCUT2D eigenvalue weighted by molar-refractivity contribution is -0.136. The Morgan fingerprint density at radius 3 is 2.38 bits per heavy atom. The Morgan fingerprint density at radius 2 is 1.71 bits per heavy atom. The van der Waals surface area contributed by atoms with Crippen molar-refractivity contribution in [2.75, 3.05) is 13.7 Å². The van der Waals surface area contributed by atoms with Crippen LogP contribution in [-0.2, 0) is 20.7 Å². The minimum absolute atomic E-state index is 0.246. The number of ether oxygens (including phenoxy) is 1. The zero-order valence-corrected chi connectivity index (χ0v) is 19.8. The van der Waals surface area contributed by atoms with E-state index in [-0.39, 0.29) is 22.9 Å². The van der Waals surface area contributed by atoms with Crippen LogP contribution in [0.5, 0.6) is 0 Å². The molecule has 1 amide bonds. The van der Waals surface area contributed by atoms with Crippen molar-refractivity contribution in [2.24, 2.45) is 0 Å². The Balaban J connectivity index is 1.74. The molecule has 0 bridgehead atoms. The van der Waals surface area contributed by atoms with Crippen LogP contribution in [0.4, 0.5) is 4.39 Å². The van der Waals surface area contributed by atoms with Crippen molar-refractivity contribution in [3.05, 3.63) is 106 Å². The summed E-state index contributed by atoms with van der Waals surface area (Å²) in [6.45, 7) is 5.96. The van der Waals surface area contributed by atoms with Gasteiger partial charge in [-0.25, -0.2) is 9.18 Å². The molecule has 5 nitrogen and oxygen atoms in total. The first-order valence-corrected chi connectivity index (χ1v) is 11.1. The molecule has 1 aliphatic rings. The molecule has 0 unspecified atom stereocenters. The van der Waals surface area contributed by atoms with E-state index in [2.05, 4.69) is 0 Å². The number of allylic oxidation sites excluding steroid dienone is 1. The Hall–Kier alpha value is -3.93. The monoisotopic (exact) mass is 458 g/mol. The van der Waals surface area contributed by atoms with E-state index in [0.29, 0.717) is 24.4 Å². The number of halogens is 1. The SMILES string of the molecule is COC(=O)C1=C(C)N(CCc2ccccc2)C(=O)/C1=C\c1cc(C)n(-c2ccccc2F)c1C. The molecule has 0 atom stereocenters. The molecule has 174 valence electrons. The van der Waals surface area contributed by atoms with Crippen LogP contribution in [0, 0.1) is 19.7 Å². The van der Waals surface area contributed by atoms with Crippen molar-refractivity contribution in [3.63, 3.8) is 0 Å². The number of hydrogen-bond acceptors (Lipinski definition) is 3. The van der Waals surface area contributed by atoms with Crippen LogP contribution in [0.15, 0.2) is 77.5 Å². The highest BCUT2D eigenvalue weighted by Crippen LogP contribution is 2.33. The van der Waals surface area contributed by atoms with Gasteiger partial charge in [-0.05, 0) is 62.6 Å². The maximum atomic E-state index is 14.5. The molecule has 6 heteroatoms. The number of amides is 1. The average molecular weight is 459 g/mol. The number of hydrogen-bond donors (Lipinski definition) is 0. The predicted molar refractivity (Wildman–Crippen MR) is 130 cm³/mol. The molecule has 1 aliphatic heterocycles. The fourth-order valence-corrected chi connectivity index (χ4v) is 4.48. The van der Waals surface area contributed by atoms with Crippen molar-refractivity contribution in [1.82, 2.24) is 9.47 Å². The van der Waals surface area contributed by atoms with Crippen molar-refractivity contribution >= 4 is 18.0 Å². The van der Waals surface area contributed by atoms with Gasteiger partial charge in [-0.15, -0.1) is 0 Å². The third-order valence-electron chi connectivity index (χ3n) is 6.23. The molecule has 2 heterocycles. The lowest BCUT2D eigenvalue weighted by Crippen LogP contribution is -2.27. The summed E-state index contributed by atoms with van der Waals surface area (Å²) in [6.07, 6.45) is 2.37. The molecule has 4 rings (SSSR count). The van der Waals surface area contributed by atoms with Crippen molar-refractivity contribution < 1.29 is 18.7 Å². The van der Waals surface area contributed by atoms with Gasteiger partial charge in [-0.1, -0.05) is 42.5 Å². The molecule has 0 fully saturated rings. The molecule has 3 aromatic rings. The maximum Gasteiger partial charge on any atom is 0.340 e. The number of aromatic nitrogens is 1. The van der Waals surface area contributed by atoms with Crippen LogP contribution in [-0.4, -0.2) is 35.0 Å². The quantitative estimate of drug-likeness (QED) is 0.379. The molecule has 0 aliphatic carbocycles. The number of esters is 1. The normalized spacial score (nSPS) is 14.9. The van der Waals surface area contributed by atoms with Crippen molar-refractivity contribution in [1.29, 1.82) is 0 Å². The fourth-order valence-electron chi connectivity index (χ4n) is 4.48. The first-order chi connectivity index (χ1) is 16.3. The summed E-state index contributed by atoms with van der Waals surface area (Å²) in [4.78, 5) is 27.7. The van der Waals surface area contributed by atoms with Crippen LogP contribution >= 0.6 is 0 Å². The van der Waals surface area contributed by atoms with Gasteiger partial charge in [0.05, 0.1) is 23.9 Å². The molecular formula is C28H27FN2O3. The summed E-state index contributed by atoms with van der Waals surface area (Å²) in [7, 11) is 1.31. The van der Waals surface area contributed by atoms with E-state index in [1.165, 1.54) is 13.2 Å². The minimum atomic E-state index is -0.553. The Morgan fingerprint density at radius 1 is 1.03 bits per heavy atom. The summed E-state index contributed by atoms with van der Waals surface area (Å²) in [5.74, 6) is -1.13. The Bertz CT molecular complexity index is 1320. The van der Waals surface area contributed by atoms with Crippen molar-refractivity contribution in [3.8, 4) is 5.69 Å². The van der Waals surface area contributed by atoms with Gasteiger partial charge in [-0.3, -0.25) is 4.79 Å². The van der Waals surface area contributed by atoms with E-state index in [0.717, 1.165) is 22.5 Å². The molecule has 0 saturated carbocycles. The van der Waals surface area contributed by atoms with Gasteiger partial charge in [-0.2, -0.15) is 0 Å². The number of para-hydroxylation sites is 1. The van der Waals surface area contributed by atoms with Crippen molar-refractivity contribution in [2.45, 2.75) is 27.2 Å². The van der Waals surface area contributed by atoms with Crippen LogP contribution in [0.1, 0.15) is 29.4 Å². The predicted octanol–water partition coefficient (Wildman–Crippen LogP) is 5.15. The zero-order chi connectivity index (χ0) is 24.4. The van der Waals surface area contributed by atoms with Crippen LogP contribution in [0.2, 0.25) is 0 Å². The maximum absolute atomic E-state index is 14.5. The van der Waals surface area contributed by atoms with Gasteiger partial charge in [0.15, 0.2) is 0 Å². The van der Waals surface area contributed by atoms with E-state index in [4.69, 9.17) is 4.74 Å². The summed E-state index contributed by atoms with van der Waals surface area (Å²) in [5, 5.41) is 0. The zero-order valence-electron chi connectivity index (χ0n) is 19.8. The van der Waals surface area contributed by atoms with Gasteiger partial charge < -0.3 is 14.2 Å². The molecular weight excluding hydrogens is 431 g/mol. The smallest absolute Gasteiger partial charge is 0.340 e. The van der Waals surface area contributed by atoms with E-state index in [1.54, 1.807) is 36.1 Å². The number of aryl methyl sites for hydroxylation is 1. The largest absolute Gasteiger partial charge is 0.465 e. The number of carbonyl (C=O) groups excluding carboxylic acids is 2. The molecule has 0 N–H and O–H groups in total. The average Bonchev–Trinajstić information content (AvgIpc) is 3.24. The lowest BCUT2D eigenvalue weighted by Gasteiger charge is -2.17. The highest BCUT2D eigenvalue weighted by atomic mass is 19.1. The van der Waals surface area contributed by atoms with E-state index in [1.807, 2.05) is 54.8 Å². The number of rotatable bonds is 6. The van der Waals surface area contributed by atoms with E-state index < -0.39 is 5.97 Å². The molecule has 0 saturated heterocycles. The van der Waals surface area contributed by atoms with Gasteiger partial charge in [0.1, 0.15) is 5.82 Å². The Labute approximate surface area is 198 Å². The fraction of sp³-hybridized carbons (Fsp3) is 0.214. The molecule has 0 spiro atoms. The van der Waals surface area contributed by atoms with E-state index >= 15 is 0 Å². The highest BCUT2D eigenvalue weighted by Gasteiger charge is 2.37. The van der Waals surface area contributed by atoms with Gasteiger partial charge in [0, 0.05) is 23.6 Å². The minimum Gasteiger partial charge on any atom is -0.465 e. The summed E-state index contributed by atoms with van der Waals surface area (Å²) in [6, 6.07) is 18.3. The highest BCUT2D eigenvalue weighted by molar-refractivity contribution is 6.16. The molecule has 2 aromatic carbocycles. The summed E-state index contributed by atoms with van der Waals surface area (Å²) in [5.41, 5.74) is 4.99. The lowest BCUT2D eigenvalue weighted by atomic mass is 10.0. The number of nitrogens with zero attached hydrogens (tertiary/aromatic N) is 2. The number of benzene rings is 2. The second-order valence-corrected chi connectivity index (χ2v) is 8.32. The van der Waals surface area contributed by atoms with E-state index in [9.17, 15) is 14.0 Å². The second kappa shape index (κ2) is 9.51. The summed E-state index contributed by atoms with van der Waals surface area (Å²) < 4.78 is 21.3. The molecule has 0 radical (unpaired) electrons. The van der Waals surface area contributed by atoms with Gasteiger partial charge in [0.2, 0.25) is 0 Å². The number of methoxy groups -OCH3 is 1. The van der Waals surface area contributed by atoms with Crippen LogP contribution < -0.4 is 0 Å². The summed E-state index contributed by atoms with van der Waals surface area (Å²) >= 11 is 0. The second-order valence-electron chi connectivity index (χ2n) is 8.32. The number of carbonyl (C=O) groups is 2. The van der Waals surface area contributed by atoms with Gasteiger partial charge >= 0.3 is 5.97 Å². The third kappa shape index (κ3) is 4.19. The first-order valence-electron chi connectivity index (χ1n) is 11.1. The standard InChI is InChI=1S/C28H27FN2O3/c1-18-16-22(19(2)31(18)25-13-9-8-12-24(25)29)17-23-26(28(33)34-4)20(3)30(27(23)32)15-14-21-10-6-5-7-11-21/h5-13,16-17H,14-15H2,1-4H3/b23-17-. The topological polar surface area (TPSA) is 51.5 Å². The molecule has 34 heavy (non-hydrogen) atoms. The molecule has 1 aromatic heterocycles. The first kappa shape index (κ1) is 23.2.